The Morgan fingerprint density at radius 1 is 1.35 bits per heavy atom. The maximum Gasteiger partial charge on any atom is 0.262 e. The molecule has 3 rings (SSSR count). The average molecular weight is 292 g/mol. The first kappa shape index (κ1) is 13.1. The standard InChI is InChI=1S/C13H13FN4OS/c1-3-7-17-11(19)8-5-4-6-9(14)10(8)18-12(17)15-16-13(18)20-2/h4-6H,3,7H2,1-2H3. The van der Waals surface area contributed by atoms with Gasteiger partial charge >= 0.3 is 0 Å². The number of fused-ring (bicyclic) bond motifs is 3. The van der Waals surface area contributed by atoms with Crippen LogP contribution in [-0.4, -0.2) is 25.4 Å². The summed E-state index contributed by atoms with van der Waals surface area (Å²) in [7, 11) is 0. The van der Waals surface area contributed by atoms with Crippen molar-refractivity contribution in [3.63, 3.8) is 0 Å². The van der Waals surface area contributed by atoms with Crippen molar-refractivity contribution in [2.75, 3.05) is 6.26 Å². The van der Waals surface area contributed by atoms with E-state index in [1.54, 1.807) is 21.1 Å². The molecule has 0 aliphatic rings. The monoisotopic (exact) mass is 292 g/mol. The lowest BCUT2D eigenvalue weighted by Gasteiger charge is -2.10. The molecule has 0 amide bonds. The number of hydrogen-bond acceptors (Lipinski definition) is 4. The molecule has 0 atom stereocenters. The summed E-state index contributed by atoms with van der Waals surface area (Å²) in [5.74, 6) is -0.0536. The first-order valence-corrected chi connectivity index (χ1v) is 7.51. The molecule has 0 bridgehead atoms. The van der Waals surface area contributed by atoms with Gasteiger partial charge in [-0.15, -0.1) is 10.2 Å². The molecule has 0 unspecified atom stereocenters. The number of benzene rings is 1. The average Bonchev–Trinajstić information content (AvgIpc) is 2.87. The van der Waals surface area contributed by atoms with Crippen molar-refractivity contribution in [3.8, 4) is 0 Å². The zero-order chi connectivity index (χ0) is 14.3. The molecule has 7 heteroatoms. The first-order chi connectivity index (χ1) is 9.69. The Kier molecular flexibility index (Phi) is 3.21. The molecule has 1 aromatic carbocycles. The van der Waals surface area contributed by atoms with Gasteiger partial charge in [-0.3, -0.25) is 13.8 Å². The molecule has 2 aromatic heterocycles. The molecular weight excluding hydrogens is 279 g/mol. The molecular formula is C13H13FN4OS. The molecule has 0 fully saturated rings. The highest BCUT2D eigenvalue weighted by Crippen LogP contribution is 2.21. The van der Waals surface area contributed by atoms with E-state index in [4.69, 9.17) is 0 Å². The van der Waals surface area contributed by atoms with Crippen LogP contribution in [-0.2, 0) is 6.54 Å². The lowest BCUT2D eigenvalue weighted by molar-refractivity contribution is 0.626. The summed E-state index contributed by atoms with van der Waals surface area (Å²) in [6, 6.07) is 4.52. The summed E-state index contributed by atoms with van der Waals surface area (Å²) in [6.45, 7) is 2.51. The van der Waals surface area contributed by atoms with Crippen LogP contribution in [0.3, 0.4) is 0 Å². The second kappa shape index (κ2) is 4.90. The Hall–Kier alpha value is -1.89. The molecule has 0 saturated heterocycles. The molecule has 0 aliphatic heterocycles. The Morgan fingerprint density at radius 2 is 2.15 bits per heavy atom. The van der Waals surface area contributed by atoms with Crippen molar-refractivity contribution in [1.29, 1.82) is 0 Å². The number of rotatable bonds is 3. The highest BCUT2D eigenvalue weighted by atomic mass is 32.2. The highest BCUT2D eigenvalue weighted by molar-refractivity contribution is 7.98. The van der Waals surface area contributed by atoms with Gasteiger partial charge in [0.15, 0.2) is 5.16 Å². The second-order valence-electron chi connectivity index (χ2n) is 4.41. The molecule has 0 N–H and O–H groups in total. The van der Waals surface area contributed by atoms with Gasteiger partial charge in [0, 0.05) is 6.54 Å². The zero-order valence-electron chi connectivity index (χ0n) is 11.1. The van der Waals surface area contributed by atoms with Gasteiger partial charge < -0.3 is 0 Å². The van der Waals surface area contributed by atoms with Gasteiger partial charge in [0.05, 0.1) is 10.9 Å². The van der Waals surface area contributed by atoms with Crippen LogP contribution in [0, 0.1) is 5.82 Å². The molecule has 0 saturated carbocycles. The van der Waals surface area contributed by atoms with Gasteiger partial charge in [0.25, 0.3) is 5.56 Å². The zero-order valence-corrected chi connectivity index (χ0v) is 11.9. The van der Waals surface area contributed by atoms with Crippen molar-refractivity contribution in [1.82, 2.24) is 19.2 Å². The van der Waals surface area contributed by atoms with E-state index in [2.05, 4.69) is 10.2 Å². The van der Waals surface area contributed by atoms with Crippen LogP contribution in [0.5, 0.6) is 0 Å². The van der Waals surface area contributed by atoms with Crippen LogP contribution in [0.2, 0.25) is 0 Å². The van der Waals surface area contributed by atoms with Crippen molar-refractivity contribution >= 4 is 28.4 Å². The van der Waals surface area contributed by atoms with Crippen LogP contribution >= 0.6 is 11.8 Å². The topological polar surface area (TPSA) is 52.2 Å². The predicted octanol–water partition coefficient (Wildman–Crippen LogP) is 2.32. The summed E-state index contributed by atoms with van der Waals surface area (Å²) in [4.78, 5) is 12.5. The van der Waals surface area contributed by atoms with E-state index in [-0.39, 0.29) is 11.1 Å². The number of thioether (sulfide) groups is 1. The lowest BCUT2D eigenvalue weighted by Crippen LogP contribution is -2.23. The quantitative estimate of drug-likeness (QED) is 0.695. The third-order valence-corrected chi connectivity index (χ3v) is 3.80. The normalized spacial score (nSPS) is 11.6. The van der Waals surface area contributed by atoms with E-state index in [0.29, 0.717) is 22.9 Å². The van der Waals surface area contributed by atoms with Crippen molar-refractivity contribution < 1.29 is 4.39 Å². The summed E-state index contributed by atoms with van der Waals surface area (Å²) < 4.78 is 17.3. The van der Waals surface area contributed by atoms with E-state index < -0.39 is 5.82 Å². The fraction of sp³-hybridized carbons (Fsp3) is 0.308. The van der Waals surface area contributed by atoms with E-state index in [1.165, 1.54) is 17.8 Å². The van der Waals surface area contributed by atoms with Crippen LogP contribution in [0.25, 0.3) is 16.7 Å². The number of hydrogen-bond donors (Lipinski definition) is 0. The van der Waals surface area contributed by atoms with Gasteiger partial charge in [0.2, 0.25) is 5.78 Å². The van der Waals surface area contributed by atoms with Crippen LogP contribution in [0.1, 0.15) is 13.3 Å². The molecule has 20 heavy (non-hydrogen) atoms. The SMILES string of the molecule is CCCn1c(=O)c2cccc(F)c2n2c(SC)nnc12. The van der Waals surface area contributed by atoms with Crippen LogP contribution < -0.4 is 5.56 Å². The third kappa shape index (κ3) is 1.73. The molecule has 0 spiro atoms. The minimum atomic E-state index is -0.441. The van der Waals surface area contributed by atoms with Gasteiger partial charge in [0.1, 0.15) is 5.82 Å². The third-order valence-electron chi connectivity index (χ3n) is 3.17. The number of para-hydroxylation sites is 1. The first-order valence-electron chi connectivity index (χ1n) is 6.29. The predicted molar refractivity (Wildman–Crippen MR) is 76.8 cm³/mol. The number of aryl methyl sites for hydroxylation is 1. The van der Waals surface area contributed by atoms with E-state index >= 15 is 0 Å². The van der Waals surface area contributed by atoms with Crippen LogP contribution in [0.15, 0.2) is 28.2 Å². The minimum absolute atomic E-state index is 0.228. The van der Waals surface area contributed by atoms with Gasteiger partial charge in [-0.2, -0.15) is 0 Å². The molecule has 104 valence electrons. The second-order valence-corrected chi connectivity index (χ2v) is 5.19. The molecule has 2 heterocycles. The molecule has 0 radical (unpaired) electrons. The smallest absolute Gasteiger partial charge is 0.262 e. The molecule has 0 aliphatic carbocycles. The maximum atomic E-state index is 14.2. The summed E-state index contributed by atoms with van der Waals surface area (Å²) in [6.07, 6.45) is 2.64. The maximum absolute atomic E-state index is 14.2. The number of nitrogens with zero attached hydrogens (tertiary/aromatic N) is 4. The van der Waals surface area contributed by atoms with Crippen molar-refractivity contribution in [3.05, 3.63) is 34.4 Å². The van der Waals surface area contributed by atoms with Gasteiger partial charge in [-0.05, 0) is 24.8 Å². The summed E-state index contributed by atoms with van der Waals surface area (Å²) in [5.41, 5.74) is 0.0168. The van der Waals surface area contributed by atoms with Gasteiger partial charge in [-0.1, -0.05) is 24.8 Å². The lowest BCUT2D eigenvalue weighted by atomic mass is 10.2. The number of halogens is 1. The fourth-order valence-electron chi connectivity index (χ4n) is 2.34. The van der Waals surface area contributed by atoms with Crippen molar-refractivity contribution in [2.24, 2.45) is 0 Å². The number of aromatic nitrogens is 4. The minimum Gasteiger partial charge on any atom is -0.276 e. The van der Waals surface area contributed by atoms with E-state index in [9.17, 15) is 9.18 Å². The largest absolute Gasteiger partial charge is 0.276 e. The fourth-order valence-corrected chi connectivity index (χ4v) is 2.82. The Morgan fingerprint density at radius 3 is 2.85 bits per heavy atom. The van der Waals surface area contributed by atoms with Crippen molar-refractivity contribution in [2.45, 2.75) is 25.0 Å². The molecule has 3 aromatic rings. The van der Waals surface area contributed by atoms with E-state index in [0.717, 1.165) is 6.42 Å². The Balaban J connectivity index is 2.61. The van der Waals surface area contributed by atoms with Crippen LogP contribution in [0.4, 0.5) is 4.39 Å². The molecule has 5 nitrogen and oxygen atoms in total. The van der Waals surface area contributed by atoms with Gasteiger partial charge in [-0.25, -0.2) is 4.39 Å². The van der Waals surface area contributed by atoms with E-state index in [1.807, 2.05) is 13.2 Å². The Bertz CT molecular complexity index is 855. The Labute approximate surface area is 118 Å². The summed E-state index contributed by atoms with van der Waals surface area (Å²) >= 11 is 1.37. The highest BCUT2D eigenvalue weighted by Gasteiger charge is 2.17. The summed E-state index contributed by atoms with van der Waals surface area (Å²) in [5, 5.41) is 9.00.